The second kappa shape index (κ2) is 5.15. The molecule has 1 fully saturated rings. The maximum absolute atomic E-state index is 12.4. The molecule has 0 radical (unpaired) electrons. The molecule has 1 heterocycles. The van der Waals surface area contributed by atoms with Gasteiger partial charge in [-0.25, -0.2) is 9.66 Å². The second-order valence-corrected chi connectivity index (χ2v) is 6.05. The molecule has 1 aromatic heterocycles. The minimum Gasteiger partial charge on any atom is -0.389 e. The van der Waals surface area contributed by atoms with Crippen LogP contribution in [0.3, 0.4) is 0 Å². The Morgan fingerprint density at radius 2 is 1.95 bits per heavy atom. The van der Waals surface area contributed by atoms with E-state index in [4.69, 9.17) is 5.84 Å². The zero-order valence-electron chi connectivity index (χ0n) is 12.2. The van der Waals surface area contributed by atoms with Crippen LogP contribution in [0.25, 0.3) is 10.9 Å². The van der Waals surface area contributed by atoms with Crippen molar-refractivity contribution < 1.29 is 5.11 Å². The predicted molar refractivity (Wildman–Crippen MR) is 82.6 cm³/mol. The van der Waals surface area contributed by atoms with E-state index in [0.717, 1.165) is 36.8 Å². The summed E-state index contributed by atoms with van der Waals surface area (Å²) in [6.07, 6.45) is 4.62. The zero-order chi connectivity index (χ0) is 15.0. The van der Waals surface area contributed by atoms with E-state index >= 15 is 0 Å². The van der Waals surface area contributed by atoms with Crippen molar-refractivity contribution in [3.05, 3.63) is 40.4 Å². The van der Waals surface area contributed by atoms with E-state index in [1.165, 1.54) is 0 Å². The monoisotopic (exact) mass is 287 g/mol. The first-order valence-corrected chi connectivity index (χ1v) is 7.52. The van der Waals surface area contributed by atoms with Gasteiger partial charge in [-0.1, -0.05) is 38.3 Å². The van der Waals surface area contributed by atoms with E-state index < -0.39 is 5.60 Å². The van der Waals surface area contributed by atoms with Gasteiger partial charge in [0.2, 0.25) is 0 Å². The van der Waals surface area contributed by atoms with Gasteiger partial charge in [0.15, 0.2) is 0 Å². The Balaban J connectivity index is 2.11. The van der Waals surface area contributed by atoms with E-state index in [-0.39, 0.29) is 11.5 Å². The van der Waals surface area contributed by atoms with Crippen LogP contribution in [-0.2, 0) is 0 Å². The van der Waals surface area contributed by atoms with Crippen molar-refractivity contribution in [2.45, 2.75) is 50.5 Å². The molecule has 0 spiro atoms. The van der Waals surface area contributed by atoms with Crippen LogP contribution < -0.4 is 11.4 Å². The molecule has 1 unspecified atom stereocenters. The highest BCUT2D eigenvalue weighted by Crippen LogP contribution is 2.38. The summed E-state index contributed by atoms with van der Waals surface area (Å²) in [6.45, 7) is 1.91. The maximum Gasteiger partial charge on any atom is 0.279 e. The van der Waals surface area contributed by atoms with Gasteiger partial charge in [-0.3, -0.25) is 4.79 Å². The van der Waals surface area contributed by atoms with E-state index in [1.807, 2.05) is 13.0 Å². The third kappa shape index (κ3) is 2.31. The average molecular weight is 287 g/mol. The van der Waals surface area contributed by atoms with Crippen molar-refractivity contribution in [3.8, 4) is 0 Å². The number of para-hydroxylation sites is 1. The van der Waals surface area contributed by atoms with Crippen LogP contribution in [0.4, 0.5) is 0 Å². The molecule has 112 valence electrons. The Labute approximate surface area is 123 Å². The standard InChI is InChI=1S/C16H21N3O2/c1-11(16(21)9-5-2-6-10-16)14-18-13-8-4-3-7-12(13)15(20)19(14)17/h3-4,7-8,11,21H,2,5-6,9-10,17H2,1H3. The summed E-state index contributed by atoms with van der Waals surface area (Å²) < 4.78 is 1.10. The van der Waals surface area contributed by atoms with Crippen molar-refractivity contribution in [2.75, 3.05) is 5.84 Å². The Kier molecular flexibility index (Phi) is 3.45. The topological polar surface area (TPSA) is 81.1 Å². The van der Waals surface area contributed by atoms with Crippen molar-refractivity contribution in [1.82, 2.24) is 9.66 Å². The van der Waals surface area contributed by atoms with E-state index in [9.17, 15) is 9.90 Å². The molecule has 1 aliphatic carbocycles. The Bertz CT molecular complexity index is 717. The van der Waals surface area contributed by atoms with Gasteiger partial charge < -0.3 is 10.9 Å². The molecular formula is C16H21N3O2. The minimum absolute atomic E-state index is 0.262. The Hall–Kier alpha value is -1.88. The molecule has 1 aliphatic rings. The zero-order valence-corrected chi connectivity index (χ0v) is 12.2. The number of rotatable bonds is 2. The number of aromatic nitrogens is 2. The number of nitrogens with zero attached hydrogens (tertiary/aromatic N) is 2. The fourth-order valence-electron chi connectivity index (χ4n) is 3.31. The average Bonchev–Trinajstić information content (AvgIpc) is 2.51. The highest BCUT2D eigenvalue weighted by Gasteiger charge is 2.38. The molecule has 3 rings (SSSR count). The second-order valence-electron chi connectivity index (χ2n) is 6.05. The van der Waals surface area contributed by atoms with Crippen molar-refractivity contribution in [2.24, 2.45) is 0 Å². The van der Waals surface area contributed by atoms with Gasteiger partial charge >= 0.3 is 0 Å². The van der Waals surface area contributed by atoms with Crippen LogP contribution in [0.2, 0.25) is 0 Å². The van der Waals surface area contributed by atoms with Crippen molar-refractivity contribution in [1.29, 1.82) is 0 Å². The summed E-state index contributed by atoms with van der Waals surface area (Å²) >= 11 is 0. The summed E-state index contributed by atoms with van der Waals surface area (Å²) in [5, 5.41) is 11.4. The molecular weight excluding hydrogens is 266 g/mol. The summed E-state index contributed by atoms with van der Waals surface area (Å²) in [6, 6.07) is 7.16. The largest absolute Gasteiger partial charge is 0.389 e. The first-order chi connectivity index (χ1) is 10.0. The molecule has 0 saturated heterocycles. The molecule has 0 amide bonds. The molecule has 5 nitrogen and oxygen atoms in total. The summed E-state index contributed by atoms with van der Waals surface area (Å²) in [7, 11) is 0. The fourth-order valence-corrected chi connectivity index (χ4v) is 3.31. The number of nitrogen functional groups attached to an aromatic ring is 1. The molecule has 0 bridgehead atoms. The lowest BCUT2D eigenvalue weighted by molar-refractivity contribution is -0.0197. The molecule has 0 aliphatic heterocycles. The smallest absolute Gasteiger partial charge is 0.279 e. The highest BCUT2D eigenvalue weighted by atomic mass is 16.3. The maximum atomic E-state index is 12.4. The number of fused-ring (bicyclic) bond motifs is 1. The SMILES string of the molecule is CC(c1nc2ccccc2c(=O)n1N)C1(O)CCCCC1. The molecule has 1 atom stereocenters. The number of benzene rings is 1. The lowest BCUT2D eigenvalue weighted by atomic mass is 9.76. The fraction of sp³-hybridized carbons (Fsp3) is 0.500. The van der Waals surface area contributed by atoms with Crippen LogP contribution >= 0.6 is 0 Å². The summed E-state index contributed by atoms with van der Waals surface area (Å²) in [5.74, 6) is 6.14. The lowest BCUT2D eigenvalue weighted by Crippen LogP contribution is -2.42. The Morgan fingerprint density at radius 1 is 1.29 bits per heavy atom. The number of nitrogens with two attached hydrogens (primary N) is 1. The van der Waals surface area contributed by atoms with Crippen LogP contribution in [0.15, 0.2) is 29.1 Å². The van der Waals surface area contributed by atoms with Crippen LogP contribution in [0.5, 0.6) is 0 Å². The normalized spacial score (nSPS) is 19.5. The third-order valence-electron chi connectivity index (χ3n) is 4.75. The number of hydrogen-bond acceptors (Lipinski definition) is 4. The van der Waals surface area contributed by atoms with E-state index in [2.05, 4.69) is 4.98 Å². The lowest BCUT2D eigenvalue weighted by Gasteiger charge is -2.37. The van der Waals surface area contributed by atoms with Crippen LogP contribution in [0, 0.1) is 0 Å². The van der Waals surface area contributed by atoms with Gasteiger partial charge in [-0.2, -0.15) is 0 Å². The Morgan fingerprint density at radius 3 is 2.67 bits per heavy atom. The molecule has 1 saturated carbocycles. The van der Waals surface area contributed by atoms with Crippen LogP contribution in [-0.4, -0.2) is 20.4 Å². The quantitative estimate of drug-likeness (QED) is 0.827. The predicted octanol–water partition coefficient (Wildman–Crippen LogP) is 1.91. The number of hydrogen-bond donors (Lipinski definition) is 2. The minimum atomic E-state index is -0.818. The van der Waals surface area contributed by atoms with Crippen molar-refractivity contribution >= 4 is 10.9 Å². The van der Waals surface area contributed by atoms with Crippen molar-refractivity contribution in [3.63, 3.8) is 0 Å². The first-order valence-electron chi connectivity index (χ1n) is 7.52. The summed E-state index contributed by atoms with van der Waals surface area (Å²) in [4.78, 5) is 16.9. The molecule has 5 heteroatoms. The van der Waals surface area contributed by atoms with E-state index in [0.29, 0.717) is 16.7 Å². The molecule has 1 aromatic carbocycles. The highest BCUT2D eigenvalue weighted by molar-refractivity contribution is 5.77. The van der Waals surface area contributed by atoms with Gasteiger partial charge in [-0.15, -0.1) is 0 Å². The first kappa shape index (κ1) is 14.1. The molecule has 21 heavy (non-hydrogen) atoms. The van der Waals surface area contributed by atoms with Gasteiger partial charge in [0.05, 0.1) is 16.5 Å². The van der Waals surface area contributed by atoms with E-state index in [1.54, 1.807) is 18.2 Å². The van der Waals surface area contributed by atoms with Gasteiger partial charge in [-0.05, 0) is 25.0 Å². The molecule has 3 N–H and O–H groups in total. The van der Waals surface area contributed by atoms with Gasteiger partial charge in [0.1, 0.15) is 5.82 Å². The van der Waals surface area contributed by atoms with Gasteiger partial charge in [0, 0.05) is 5.92 Å². The van der Waals surface area contributed by atoms with Gasteiger partial charge in [0.25, 0.3) is 5.56 Å². The molecule has 2 aromatic rings. The number of aliphatic hydroxyl groups is 1. The van der Waals surface area contributed by atoms with Crippen LogP contribution in [0.1, 0.15) is 50.8 Å². The third-order valence-corrected chi connectivity index (χ3v) is 4.75. The summed E-state index contributed by atoms with van der Waals surface area (Å²) in [5.41, 5.74) is -0.450.